The molecule has 1 fully saturated rings. The normalized spacial score (nSPS) is 20.2. The summed E-state index contributed by atoms with van der Waals surface area (Å²) in [5, 5.41) is 6.56. The molecule has 0 spiro atoms. The zero-order chi connectivity index (χ0) is 22.8. The number of carbonyl (C=O) groups is 3. The van der Waals surface area contributed by atoms with Crippen LogP contribution in [0.3, 0.4) is 0 Å². The Balaban J connectivity index is 1.90. The van der Waals surface area contributed by atoms with Crippen molar-refractivity contribution >= 4 is 35.0 Å². The van der Waals surface area contributed by atoms with Gasteiger partial charge >= 0.3 is 0 Å². The van der Waals surface area contributed by atoms with Crippen molar-refractivity contribution in [2.75, 3.05) is 38.1 Å². The number of nitrogens with zero attached hydrogens (tertiary/aromatic N) is 2. The van der Waals surface area contributed by atoms with E-state index in [1.807, 2.05) is 27.0 Å². The van der Waals surface area contributed by atoms with Gasteiger partial charge in [-0.2, -0.15) is 0 Å². The van der Waals surface area contributed by atoms with Gasteiger partial charge in [-0.1, -0.05) is 32.4 Å². The number of likely N-dealkylation sites (N-methyl/N-ethyl adjacent to an activating group) is 1. The second kappa shape index (κ2) is 9.57. The Kier molecular flexibility index (Phi) is 7.27. The van der Waals surface area contributed by atoms with Crippen LogP contribution in [0.1, 0.15) is 56.0 Å². The standard InChI is InChI=1S/C23H33ClN4O3/c1-5-20(29)26-9-10-28-19-12-17(21(30)27(4)16-7-6-8-25-14-16)18(24)11-15(19)13-23(2,3)22(28)31/h11-12,16,25H,5-10,13-14H2,1-4H3,(H,26,29)/t16-/m1/s1. The molecule has 170 valence electrons. The second-order valence-electron chi connectivity index (χ2n) is 9.10. The Hall–Kier alpha value is -2.12. The minimum Gasteiger partial charge on any atom is -0.354 e. The van der Waals surface area contributed by atoms with E-state index < -0.39 is 5.41 Å². The molecule has 2 heterocycles. The van der Waals surface area contributed by atoms with Crippen molar-refractivity contribution in [1.29, 1.82) is 0 Å². The summed E-state index contributed by atoms with van der Waals surface area (Å²) in [4.78, 5) is 41.5. The van der Waals surface area contributed by atoms with Crippen molar-refractivity contribution < 1.29 is 14.4 Å². The van der Waals surface area contributed by atoms with E-state index in [0.29, 0.717) is 42.2 Å². The molecule has 8 heteroatoms. The van der Waals surface area contributed by atoms with Crippen LogP contribution >= 0.6 is 11.6 Å². The molecule has 0 bridgehead atoms. The summed E-state index contributed by atoms with van der Waals surface area (Å²) < 4.78 is 0. The molecule has 1 atom stereocenters. The maximum atomic E-state index is 13.3. The van der Waals surface area contributed by atoms with E-state index in [1.54, 1.807) is 22.8 Å². The van der Waals surface area contributed by atoms with Crippen molar-refractivity contribution in [3.8, 4) is 0 Å². The van der Waals surface area contributed by atoms with Gasteiger partial charge in [-0.15, -0.1) is 0 Å². The van der Waals surface area contributed by atoms with Gasteiger partial charge in [0, 0.05) is 50.2 Å². The van der Waals surface area contributed by atoms with Crippen LogP contribution in [0.2, 0.25) is 5.02 Å². The van der Waals surface area contributed by atoms with Crippen LogP contribution in [0.25, 0.3) is 0 Å². The fraction of sp³-hybridized carbons (Fsp3) is 0.609. The lowest BCUT2D eigenvalue weighted by molar-refractivity contribution is -0.127. The van der Waals surface area contributed by atoms with Crippen molar-refractivity contribution in [3.05, 3.63) is 28.3 Å². The second-order valence-corrected chi connectivity index (χ2v) is 9.51. The molecular formula is C23H33ClN4O3. The predicted molar refractivity (Wildman–Crippen MR) is 123 cm³/mol. The highest BCUT2D eigenvalue weighted by atomic mass is 35.5. The van der Waals surface area contributed by atoms with Gasteiger partial charge < -0.3 is 20.4 Å². The first-order valence-electron chi connectivity index (χ1n) is 11.0. The number of halogens is 1. The molecule has 0 radical (unpaired) electrons. The maximum absolute atomic E-state index is 13.3. The molecule has 3 amide bonds. The summed E-state index contributed by atoms with van der Waals surface area (Å²) in [5.74, 6) is -0.215. The molecule has 0 saturated carbocycles. The smallest absolute Gasteiger partial charge is 0.255 e. The van der Waals surface area contributed by atoms with Crippen LogP contribution in [0.4, 0.5) is 5.69 Å². The molecule has 1 aromatic rings. The van der Waals surface area contributed by atoms with Gasteiger partial charge in [-0.05, 0) is 43.5 Å². The van der Waals surface area contributed by atoms with Gasteiger partial charge in [-0.25, -0.2) is 0 Å². The number of hydrogen-bond donors (Lipinski definition) is 2. The van der Waals surface area contributed by atoms with Gasteiger partial charge in [0.2, 0.25) is 11.8 Å². The monoisotopic (exact) mass is 448 g/mol. The zero-order valence-corrected chi connectivity index (χ0v) is 19.6. The molecule has 2 N–H and O–H groups in total. The summed E-state index contributed by atoms with van der Waals surface area (Å²) >= 11 is 6.56. The average Bonchev–Trinajstić information content (AvgIpc) is 2.75. The molecule has 2 aliphatic heterocycles. The Labute approximate surface area is 189 Å². The lowest BCUT2D eigenvalue weighted by atomic mass is 9.80. The highest BCUT2D eigenvalue weighted by Gasteiger charge is 2.39. The number of anilines is 1. The summed E-state index contributed by atoms with van der Waals surface area (Å²) in [6, 6.07) is 3.69. The summed E-state index contributed by atoms with van der Waals surface area (Å²) in [6.45, 7) is 8.05. The van der Waals surface area contributed by atoms with Crippen LogP contribution in [0.15, 0.2) is 12.1 Å². The topological polar surface area (TPSA) is 81.8 Å². The van der Waals surface area contributed by atoms with Gasteiger partial charge in [0.25, 0.3) is 5.91 Å². The van der Waals surface area contributed by atoms with E-state index >= 15 is 0 Å². The number of piperidine rings is 1. The SMILES string of the molecule is CCC(=O)NCCN1C(=O)C(C)(C)Cc2cc(Cl)c(C(=O)N(C)[C@@H]3CCCNC3)cc21. The van der Waals surface area contributed by atoms with Crippen LogP contribution in [-0.4, -0.2) is 61.9 Å². The average molecular weight is 449 g/mol. The summed E-state index contributed by atoms with van der Waals surface area (Å²) in [7, 11) is 1.81. The number of amides is 3. The lowest BCUT2D eigenvalue weighted by Crippen LogP contribution is -2.49. The molecule has 3 rings (SSSR count). The van der Waals surface area contributed by atoms with Crippen LogP contribution in [-0.2, 0) is 16.0 Å². The van der Waals surface area contributed by atoms with E-state index in [2.05, 4.69) is 10.6 Å². The van der Waals surface area contributed by atoms with Crippen LogP contribution < -0.4 is 15.5 Å². The first-order valence-corrected chi connectivity index (χ1v) is 11.4. The fourth-order valence-corrected chi connectivity index (χ4v) is 4.63. The van der Waals surface area contributed by atoms with Gasteiger partial charge in [0.1, 0.15) is 0 Å². The van der Waals surface area contributed by atoms with E-state index in [4.69, 9.17) is 11.6 Å². The highest BCUT2D eigenvalue weighted by molar-refractivity contribution is 6.34. The maximum Gasteiger partial charge on any atom is 0.255 e. The Bertz CT molecular complexity index is 865. The molecule has 31 heavy (non-hydrogen) atoms. The Morgan fingerprint density at radius 1 is 1.35 bits per heavy atom. The molecule has 2 aliphatic rings. The molecule has 1 aromatic carbocycles. The quantitative estimate of drug-likeness (QED) is 0.700. The highest BCUT2D eigenvalue weighted by Crippen LogP contribution is 2.40. The first kappa shape index (κ1) is 23.5. The minimum absolute atomic E-state index is 0.0173. The van der Waals surface area contributed by atoms with Crippen molar-refractivity contribution in [2.45, 2.75) is 52.5 Å². The molecule has 0 aliphatic carbocycles. The van der Waals surface area contributed by atoms with E-state index in [0.717, 1.165) is 31.5 Å². The van der Waals surface area contributed by atoms with Crippen molar-refractivity contribution in [1.82, 2.24) is 15.5 Å². The minimum atomic E-state index is -0.582. The van der Waals surface area contributed by atoms with Crippen LogP contribution in [0.5, 0.6) is 0 Å². The van der Waals surface area contributed by atoms with Gasteiger partial charge in [0.15, 0.2) is 0 Å². The van der Waals surface area contributed by atoms with E-state index in [-0.39, 0.29) is 23.8 Å². The number of nitrogens with one attached hydrogen (secondary N) is 2. The molecule has 1 saturated heterocycles. The fourth-order valence-electron chi connectivity index (χ4n) is 4.36. The lowest BCUT2D eigenvalue weighted by Gasteiger charge is -2.39. The molecule has 0 unspecified atom stereocenters. The predicted octanol–water partition coefficient (Wildman–Crippen LogP) is 2.61. The molecular weight excluding hydrogens is 416 g/mol. The molecule has 0 aromatic heterocycles. The number of rotatable bonds is 6. The van der Waals surface area contributed by atoms with E-state index in [1.165, 1.54) is 0 Å². The van der Waals surface area contributed by atoms with Crippen LogP contribution in [0, 0.1) is 5.41 Å². The van der Waals surface area contributed by atoms with Gasteiger partial charge in [0.05, 0.1) is 10.6 Å². The van der Waals surface area contributed by atoms with E-state index in [9.17, 15) is 14.4 Å². The Morgan fingerprint density at radius 3 is 2.74 bits per heavy atom. The summed E-state index contributed by atoms with van der Waals surface area (Å²) in [6.07, 6.45) is 2.93. The third kappa shape index (κ3) is 5.04. The molecule has 7 nitrogen and oxygen atoms in total. The zero-order valence-electron chi connectivity index (χ0n) is 18.9. The Morgan fingerprint density at radius 2 is 2.10 bits per heavy atom. The number of hydrogen-bond acceptors (Lipinski definition) is 4. The van der Waals surface area contributed by atoms with Crippen molar-refractivity contribution in [3.63, 3.8) is 0 Å². The first-order chi connectivity index (χ1) is 14.7. The number of fused-ring (bicyclic) bond motifs is 1. The van der Waals surface area contributed by atoms with Crippen molar-refractivity contribution in [2.24, 2.45) is 5.41 Å². The largest absolute Gasteiger partial charge is 0.354 e. The third-order valence-electron chi connectivity index (χ3n) is 6.26. The number of carbonyl (C=O) groups excluding carboxylic acids is 3. The summed E-state index contributed by atoms with van der Waals surface area (Å²) in [5.41, 5.74) is 1.47. The third-order valence-corrected chi connectivity index (χ3v) is 6.58. The van der Waals surface area contributed by atoms with Gasteiger partial charge in [-0.3, -0.25) is 14.4 Å². The number of benzene rings is 1.